The molecule has 1 spiro atoms. The first-order valence-electron chi connectivity index (χ1n) is 5.37. The summed E-state index contributed by atoms with van der Waals surface area (Å²) in [6.45, 7) is 4.14. The molecule has 0 radical (unpaired) electrons. The van der Waals surface area contributed by atoms with Gasteiger partial charge in [0.15, 0.2) is 0 Å². The van der Waals surface area contributed by atoms with E-state index < -0.39 is 0 Å². The highest BCUT2D eigenvalue weighted by atomic mass is 15.2. The summed E-state index contributed by atoms with van der Waals surface area (Å²) in [4.78, 5) is 7.12. The molecule has 1 aliphatic carbocycles. The fourth-order valence-electron chi connectivity index (χ4n) is 2.02. The van der Waals surface area contributed by atoms with Crippen molar-refractivity contribution in [3.8, 4) is 0 Å². The summed E-state index contributed by atoms with van der Waals surface area (Å²) >= 11 is 0. The average molecular weight is 193 g/mol. The molecule has 1 heterocycles. The number of allylic oxidation sites excluding steroid dienone is 1. The Labute approximate surface area is 85.7 Å². The molecule has 1 fully saturated rings. The second-order valence-corrected chi connectivity index (χ2v) is 4.57. The maximum atomic E-state index is 5.82. The van der Waals surface area contributed by atoms with Gasteiger partial charge in [0.2, 0.25) is 0 Å². The molecule has 0 bridgehead atoms. The lowest BCUT2D eigenvalue weighted by Crippen LogP contribution is -2.39. The molecule has 0 aromatic carbocycles. The quantitative estimate of drug-likeness (QED) is 0.715. The predicted molar refractivity (Wildman–Crippen MR) is 59.5 cm³/mol. The lowest BCUT2D eigenvalue weighted by atomic mass is 10.1. The standard InChI is InChI=1S/C11H19N3/c1-3-9(12)6-10-7-14(2)8-11(13-10)4-5-11/h6H,3-5,7-8,12H2,1-2H3/b9-6-. The van der Waals surface area contributed by atoms with E-state index in [0.29, 0.717) is 0 Å². The van der Waals surface area contributed by atoms with Gasteiger partial charge in [0.25, 0.3) is 0 Å². The summed E-state index contributed by atoms with van der Waals surface area (Å²) in [5, 5.41) is 0. The summed E-state index contributed by atoms with van der Waals surface area (Å²) < 4.78 is 0. The van der Waals surface area contributed by atoms with Crippen molar-refractivity contribution in [3.63, 3.8) is 0 Å². The maximum absolute atomic E-state index is 5.82. The third kappa shape index (κ3) is 1.98. The molecule has 1 saturated carbocycles. The van der Waals surface area contributed by atoms with E-state index >= 15 is 0 Å². The Morgan fingerprint density at radius 2 is 2.36 bits per heavy atom. The lowest BCUT2D eigenvalue weighted by molar-refractivity contribution is 0.325. The summed E-state index contributed by atoms with van der Waals surface area (Å²) in [6.07, 6.45) is 5.47. The second-order valence-electron chi connectivity index (χ2n) is 4.57. The van der Waals surface area contributed by atoms with Crippen LogP contribution in [-0.2, 0) is 0 Å². The molecule has 0 aromatic heterocycles. The molecule has 0 saturated heterocycles. The summed E-state index contributed by atoms with van der Waals surface area (Å²) in [5.74, 6) is 0. The van der Waals surface area contributed by atoms with E-state index in [0.717, 1.165) is 30.9 Å². The van der Waals surface area contributed by atoms with E-state index in [9.17, 15) is 0 Å². The van der Waals surface area contributed by atoms with Crippen LogP contribution in [0, 0.1) is 0 Å². The van der Waals surface area contributed by atoms with Gasteiger partial charge in [0.1, 0.15) is 0 Å². The molecule has 0 unspecified atom stereocenters. The van der Waals surface area contributed by atoms with Gasteiger partial charge < -0.3 is 5.73 Å². The summed E-state index contributed by atoms with van der Waals surface area (Å²) in [7, 11) is 2.16. The highest BCUT2D eigenvalue weighted by molar-refractivity contribution is 5.98. The number of rotatable bonds is 2. The van der Waals surface area contributed by atoms with E-state index in [1.807, 2.05) is 0 Å². The van der Waals surface area contributed by atoms with Crippen molar-refractivity contribution in [2.75, 3.05) is 20.1 Å². The van der Waals surface area contributed by atoms with Crippen LogP contribution in [0.1, 0.15) is 26.2 Å². The van der Waals surface area contributed by atoms with Gasteiger partial charge in [-0.2, -0.15) is 0 Å². The normalized spacial score (nSPS) is 26.4. The smallest absolute Gasteiger partial charge is 0.0740 e. The topological polar surface area (TPSA) is 41.6 Å². The zero-order chi connectivity index (χ0) is 10.2. The van der Waals surface area contributed by atoms with Gasteiger partial charge in [0, 0.05) is 18.8 Å². The first-order chi connectivity index (χ1) is 6.63. The molecule has 0 amide bonds. The van der Waals surface area contributed by atoms with Crippen LogP contribution in [0.2, 0.25) is 0 Å². The second kappa shape index (κ2) is 3.39. The number of aliphatic imine (C=N–C) groups is 1. The number of nitrogens with two attached hydrogens (primary N) is 1. The van der Waals surface area contributed by atoms with Gasteiger partial charge in [-0.15, -0.1) is 0 Å². The Hall–Kier alpha value is -0.830. The lowest BCUT2D eigenvalue weighted by Gasteiger charge is -2.27. The van der Waals surface area contributed by atoms with E-state index in [1.165, 1.54) is 12.8 Å². The minimum Gasteiger partial charge on any atom is -0.402 e. The van der Waals surface area contributed by atoms with Crippen LogP contribution >= 0.6 is 0 Å². The molecule has 2 rings (SSSR count). The van der Waals surface area contributed by atoms with Crippen molar-refractivity contribution in [2.24, 2.45) is 10.7 Å². The Balaban J connectivity index is 2.14. The predicted octanol–water partition coefficient (Wildman–Crippen LogP) is 1.16. The Morgan fingerprint density at radius 3 is 2.93 bits per heavy atom. The number of hydrogen-bond acceptors (Lipinski definition) is 3. The first-order valence-corrected chi connectivity index (χ1v) is 5.37. The van der Waals surface area contributed by atoms with Crippen molar-refractivity contribution in [3.05, 3.63) is 11.8 Å². The average Bonchev–Trinajstić information content (AvgIpc) is 2.82. The van der Waals surface area contributed by atoms with Crippen molar-refractivity contribution in [1.82, 2.24) is 4.90 Å². The molecule has 1 aliphatic heterocycles. The molecular weight excluding hydrogens is 174 g/mol. The monoisotopic (exact) mass is 193 g/mol. The maximum Gasteiger partial charge on any atom is 0.0740 e. The van der Waals surface area contributed by atoms with Crippen molar-refractivity contribution in [2.45, 2.75) is 31.7 Å². The zero-order valence-electron chi connectivity index (χ0n) is 9.08. The Morgan fingerprint density at radius 1 is 1.64 bits per heavy atom. The zero-order valence-corrected chi connectivity index (χ0v) is 9.08. The SMILES string of the molecule is CC/C(N)=C/C1=NC2(CC2)CN(C)C1. The minimum atomic E-state index is 0.271. The van der Waals surface area contributed by atoms with Gasteiger partial charge in [0.05, 0.1) is 11.3 Å². The van der Waals surface area contributed by atoms with Crippen LogP contribution in [-0.4, -0.2) is 36.3 Å². The molecule has 3 heteroatoms. The van der Waals surface area contributed by atoms with Gasteiger partial charge in [-0.3, -0.25) is 9.89 Å². The third-order valence-corrected chi connectivity index (χ3v) is 2.96. The van der Waals surface area contributed by atoms with Crippen molar-refractivity contribution in [1.29, 1.82) is 0 Å². The fourth-order valence-corrected chi connectivity index (χ4v) is 2.02. The molecule has 0 atom stereocenters. The Bertz CT molecular complexity index is 287. The van der Waals surface area contributed by atoms with Crippen LogP contribution in [0.25, 0.3) is 0 Å². The molecular formula is C11H19N3. The van der Waals surface area contributed by atoms with Crippen LogP contribution in [0.3, 0.4) is 0 Å². The van der Waals surface area contributed by atoms with Crippen LogP contribution < -0.4 is 5.73 Å². The summed E-state index contributed by atoms with van der Waals surface area (Å²) in [5.41, 5.74) is 8.19. The van der Waals surface area contributed by atoms with Crippen LogP contribution in [0.4, 0.5) is 0 Å². The van der Waals surface area contributed by atoms with Gasteiger partial charge >= 0.3 is 0 Å². The van der Waals surface area contributed by atoms with Gasteiger partial charge in [-0.05, 0) is 32.4 Å². The van der Waals surface area contributed by atoms with Crippen molar-refractivity contribution >= 4 is 5.71 Å². The molecule has 3 nitrogen and oxygen atoms in total. The number of hydrogen-bond donors (Lipinski definition) is 1. The van der Waals surface area contributed by atoms with E-state index in [2.05, 4.69) is 24.9 Å². The first kappa shape index (κ1) is 9.71. The molecule has 0 aromatic rings. The van der Waals surface area contributed by atoms with E-state index in [4.69, 9.17) is 10.7 Å². The van der Waals surface area contributed by atoms with Gasteiger partial charge in [-0.25, -0.2) is 0 Å². The molecule has 2 aliphatic rings. The van der Waals surface area contributed by atoms with E-state index in [-0.39, 0.29) is 5.54 Å². The molecule has 78 valence electrons. The van der Waals surface area contributed by atoms with Crippen LogP contribution in [0.5, 0.6) is 0 Å². The molecule has 14 heavy (non-hydrogen) atoms. The summed E-state index contributed by atoms with van der Waals surface area (Å²) in [6, 6.07) is 0. The van der Waals surface area contributed by atoms with Crippen LogP contribution in [0.15, 0.2) is 16.8 Å². The molecule has 2 N–H and O–H groups in total. The van der Waals surface area contributed by atoms with Crippen molar-refractivity contribution < 1.29 is 0 Å². The fraction of sp³-hybridized carbons (Fsp3) is 0.727. The minimum absolute atomic E-state index is 0.271. The largest absolute Gasteiger partial charge is 0.402 e. The third-order valence-electron chi connectivity index (χ3n) is 2.96. The highest BCUT2D eigenvalue weighted by Crippen LogP contribution is 2.42. The van der Waals surface area contributed by atoms with Gasteiger partial charge in [-0.1, -0.05) is 6.92 Å². The number of nitrogens with zero attached hydrogens (tertiary/aromatic N) is 2. The Kier molecular flexibility index (Phi) is 2.35. The van der Waals surface area contributed by atoms with E-state index in [1.54, 1.807) is 0 Å². The number of likely N-dealkylation sites (N-methyl/N-ethyl adjacent to an activating group) is 1. The highest BCUT2D eigenvalue weighted by Gasteiger charge is 2.45.